The topological polar surface area (TPSA) is 55.4 Å². The molecular weight excluding hydrogens is 302 g/mol. The molecule has 0 bridgehead atoms. The zero-order chi connectivity index (χ0) is 15.9. The number of benzene rings is 1. The molecule has 0 aromatic heterocycles. The van der Waals surface area contributed by atoms with E-state index in [0.717, 1.165) is 18.4 Å². The molecular formula is C17H22ClNO3. The Balaban J connectivity index is 1.94. The van der Waals surface area contributed by atoms with Crippen molar-refractivity contribution in [3.05, 3.63) is 34.9 Å². The molecule has 22 heavy (non-hydrogen) atoms. The highest BCUT2D eigenvalue weighted by molar-refractivity contribution is 6.30. The Labute approximate surface area is 136 Å². The first-order chi connectivity index (χ1) is 10.6. The van der Waals surface area contributed by atoms with Crippen LogP contribution >= 0.6 is 11.6 Å². The zero-order valence-electron chi connectivity index (χ0n) is 12.8. The van der Waals surface area contributed by atoms with E-state index < -0.39 is 12.0 Å². The van der Waals surface area contributed by atoms with Crippen LogP contribution in [0.1, 0.15) is 37.7 Å². The summed E-state index contributed by atoms with van der Waals surface area (Å²) in [4.78, 5) is 24.0. The van der Waals surface area contributed by atoms with Crippen LogP contribution in [-0.2, 0) is 20.7 Å². The summed E-state index contributed by atoms with van der Waals surface area (Å²) in [5.41, 5.74) is 0.931. The average Bonchev–Trinajstić information content (AvgIpc) is 3.00. The van der Waals surface area contributed by atoms with E-state index in [0.29, 0.717) is 23.8 Å². The number of carbonyl (C=O) groups is 2. The molecule has 1 atom stereocenters. The van der Waals surface area contributed by atoms with E-state index in [1.165, 1.54) is 20.0 Å². The number of amides is 1. The molecule has 1 N–H and O–H groups in total. The van der Waals surface area contributed by atoms with Gasteiger partial charge in [0.25, 0.3) is 0 Å². The van der Waals surface area contributed by atoms with Gasteiger partial charge in [-0.25, -0.2) is 4.79 Å². The summed E-state index contributed by atoms with van der Waals surface area (Å²) in [6.45, 7) is 0. The number of esters is 1. The van der Waals surface area contributed by atoms with Gasteiger partial charge in [-0.2, -0.15) is 0 Å². The summed E-state index contributed by atoms with van der Waals surface area (Å²) in [5, 5.41) is 3.45. The SMILES string of the molecule is COC(=O)[C@@H](Cc1ccc(Cl)cc1)NC(=O)CC1CCCC1. The molecule has 1 aliphatic carbocycles. The Morgan fingerprint density at radius 2 is 1.91 bits per heavy atom. The number of nitrogens with one attached hydrogen (secondary N) is 1. The smallest absolute Gasteiger partial charge is 0.328 e. The molecule has 5 heteroatoms. The van der Waals surface area contributed by atoms with E-state index in [-0.39, 0.29) is 5.91 Å². The summed E-state index contributed by atoms with van der Waals surface area (Å²) in [7, 11) is 1.33. The molecule has 4 nitrogen and oxygen atoms in total. The van der Waals surface area contributed by atoms with Crippen LogP contribution in [0.5, 0.6) is 0 Å². The van der Waals surface area contributed by atoms with Gasteiger partial charge in [-0.1, -0.05) is 36.6 Å². The van der Waals surface area contributed by atoms with Gasteiger partial charge in [-0.05, 0) is 36.5 Å². The van der Waals surface area contributed by atoms with Crippen LogP contribution in [-0.4, -0.2) is 25.0 Å². The van der Waals surface area contributed by atoms with Crippen LogP contribution < -0.4 is 5.32 Å². The van der Waals surface area contributed by atoms with Crippen molar-refractivity contribution in [1.82, 2.24) is 5.32 Å². The second-order valence-corrected chi connectivity index (χ2v) is 6.26. The van der Waals surface area contributed by atoms with Crippen LogP contribution in [0.4, 0.5) is 0 Å². The lowest BCUT2D eigenvalue weighted by molar-refractivity contribution is -0.145. The number of rotatable bonds is 6. The van der Waals surface area contributed by atoms with Gasteiger partial charge in [0, 0.05) is 17.9 Å². The van der Waals surface area contributed by atoms with Crippen molar-refractivity contribution in [2.75, 3.05) is 7.11 Å². The van der Waals surface area contributed by atoms with Crippen molar-refractivity contribution in [2.45, 2.75) is 44.6 Å². The third kappa shape index (κ3) is 5.02. The fourth-order valence-corrected chi connectivity index (χ4v) is 3.05. The predicted octanol–water partition coefficient (Wildman–Crippen LogP) is 3.12. The molecule has 1 amide bonds. The minimum atomic E-state index is -0.653. The second kappa shape index (κ2) is 8.18. The Hall–Kier alpha value is -1.55. The monoisotopic (exact) mass is 323 g/mol. The van der Waals surface area contributed by atoms with Gasteiger partial charge < -0.3 is 10.1 Å². The van der Waals surface area contributed by atoms with Crippen molar-refractivity contribution in [3.8, 4) is 0 Å². The fourth-order valence-electron chi connectivity index (χ4n) is 2.92. The lowest BCUT2D eigenvalue weighted by Gasteiger charge is -2.18. The van der Waals surface area contributed by atoms with Gasteiger partial charge in [0.15, 0.2) is 0 Å². The highest BCUT2D eigenvalue weighted by Gasteiger charge is 2.24. The van der Waals surface area contributed by atoms with Crippen LogP contribution in [0.3, 0.4) is 0 Å². The molecule has 0 heterocycles. The van der Waals surface area contributed by atoms with E-state index in [4.69, 9.17) is 16.3 Å². The maximum atomic E-state index is 12.1. The van der Waals surface area contributed by atoms with E-state index in [2.05, 4.69) is 5.32 Å². The summed E-state index contributed by atoms with van der Waals surface area (Å²) < 4.78 is 4.80. The first-order valence-corrected chi connectivity index (χ1v) is 8.08. The van der Waals surface area contributed by atoms with Crippen LogP contribution in [0.2, 0.25) is 5.02 Å². The molecule has 2 rings (SSSR count). The van der Waals surface area contributed by atoms with Crippen LogP contribution in [0, 0.1) is 5.92 Å². The van der Waals surface area contributed by atoms with E-state index in [1.54, 1.807) is 12.1 Å². The third-order valence-electron chi connectivity index (χ3n) is 4.12. The summed E-state index contributed by atoms with van der Waals surface area (Å²) in [6.07, 6.45) is 5.50. The molecule has 0 unspecified atom stereocenters. The second-order valence-electron chi connectivity index (χ2n) is 5.83. The number of hydrogen-bond donors (Lipinski definition) is 1. The Kier molecular flexibility index (Phi) is 6.25. The maximum absolute atomic E-state index is 12.1. The van der Waals surface area contributed by atoms with Gasteiger partial charge in [0.2, 0.25) is 5.91 Å². The highest BCUT2D eigenvalue weighted by Crippen LogP contribution is 2.27. The van der Waals surface area contributed by atoms with Gasteiger partial charge in [0.05, 0.1) is 7.11 Å². The summed E-state index contributed by atoms with van der Waals surface area (Å²) in [6, 6.07) is 6.58. The van der Waals surface area contributed by atoms with Gasteiger partial charge >= 0.3 is 5.97 Å². The molecule has 0 saturated heterocycles. The Morgan fingerprint density at radius 3 is 2.50 bits per heavy atom. The minimum absolute atomic E-state index is 0.0729. The molecule has 1 fully saturated rings. The lowest BCUT2D eigenvalue weighted by Crippen LogP contribution is -2.43. The van der Waals surface area contributed by atoms with Gasteiger partial charge in [-0.15, -0.1) is 0 Å². The highest BCUT2D eigenvalue weighted by atomic mass is 35.5. The number of halogens is 1. The van der Waals surface area contributed by atoms with Crippen molar-refractivity contribution in [1.29, 1.82) is 0 Å². The van der Waals surface area contributed by atoms with E-state index in [9.17, 15) is 9.59 Å². The van der Waals surface area contributed by atoms with Gasteiger partial charge in [-0.3, -0.25) is 4.79 Å². The van der Waals surface area contributed by atoms with Crippen molar-refractivity contribution in [2.24, 2.45) is 5.92 Å². The molecule has 1 aromatic rings. The number of ether oxygens (including phenoxy) is 1. The zero-order valence-corrected chi connectivity index (χ0v) is 13.6. The average molecular weight is 324 g/mol. The number of hydrogen-bond acceptors (Lipinski definition) is 3. The van der Waals surface area contributed by atoms with E-state index in [1.807, 2.05) is 12.1 Å². The molecule has 0 aliphatic heterocycles. The van der Waals surface area contributed by atoms with Gasteiger partial charge in [0.1, 0.15) is 6.04 Å². The third-order valence-corrected chi connectivity index (χ3v) is 4.37. The molecule has 1 aliphatic rings. The molecule has 1 aromatic carbocycles. The van der Waals surface area contributed by atoms with Crippen molar-refractivity contribution in [3.63, 3.8) is 0 Å². The summed E-state index contributed by atoms with van der Waals surface area (Å²) >= 11 is 5.86. The first-order valence-electron chi connectivity index (χ1n) is 7.70. The van der Waals surface area contributed by atoms with E-state index >= 15 is 0 Å². The molecule has 1 saturated carbocycles. The maximum Gasteiger partial charge on any atom is 0.328 e. The molecule has 0 radical (unpaired) electrons. The normalized spacial score (nSPS) is 16.3. The predicted molar refractivity (Wildman–Crippen MR) is 85.7 cm³/mol. The standard InChI is InChI=1S/C17H22ClNO3/c1-22-17(21)15(10-13-6-8-14(18)9-7-13)19-16(20)11-12-4-2-3-5-12/h6-9,12,15H,2-5,10-11H2,1H3,(H,19,20)/t15-/m1/s1. The fraction of sp³-hybridized carbons (Fsp3) is 0.529. The van der Waals surface area contributed by atoms with Crippen molar-refractivity contribution < 1.29 is 14.3 Å². The van der Waals surface area contributed by atoms with Crippen LogP contribution in [0.25, 0.3) is 0 Å². The Bertz CT molecular complexity index is 509. The summed E-state index contributed by atoms with van der Waals surface area (Å²) in [5.74, 6) is -0.0418. The molecule has 120 valence electrons. The van der Waals surface area contributed by atoms with Crippen molar-refractivity contribution >= 4 is 23.5 Å². The molecule has 0 spiro atoms. The first kappa shape index (κ1) is 16.8. The largest absolute Gasteiger partial charge is 0.467 e. The number of methoxy groups -OCH3 is 1. The van der Waals surface area contributed by atoms with Crippen LogP contribution in [0.15, 0.2) is 24.3 Å². The number of carbonyl (C=O) groups excluding carboxylic acids is 2. The minimum Gasteiger partial charge on any atom is -0.467 e. The Morgan fingerprint density at radius 1 is 1.27 bits per heavy atom. The quantitative estimate of drug-likeness (QED) is 0.818. The lowest BCUT2D eigenvalue weighted by atomic mass is 10.0.